The van der Waals surface area contributed by atoms with Gasteiger partial charge in [-0.1, -0.05) is 12.1 Å². The average molecular weight is 276 g/mol. The van der Waals surface area contributed by atoms with E-state index in [0.29, 0.717) is 0 Å². The SMILES string of the molecule is COC(C)(C)CCN1CCCc2cc(C(C)N)ccc21. The quantitative estimate of drug-likeness (QED) is 0.897. The van der Waals surface area contributed by atoms with Crippen molar-refractivity contribution in [2.75, 3.05) is 25.1 Å². The van der Waals surface area contributed by atoms with Crippen LogP contribution in [0.25, 0.3) is 0 Å². The number of aryl methyl sites for hydroxylation is 1. The summed E-state index contributed by atoms with van der Waals surface area (Å²) in [6, 6.07) is 6.81. The minimum absolute atomic E-state index is 0.0523. The van der Waals surface area contributed by atoms with Crippen LogP contribution in [-0.2, 0) is 11.2 Å². The van der Waals surface area contributed by atoms with Crippen molar-refractivity contribution in [3.05, 3.63) is 29.3 Å². The van der Waals surface area contributed by atoms with E-state index >= 15 is 0 Å². The zero-order valence-electron chi connectivity index (χ0n) is 13.3. The fraction of sp³-hybridized carbons (Fsp3) is 0.647. The van der Waals surface area contributed by atoms with Gasteiger partial charge in [0.2, 0.25) is 0 Å². The molecule has 1 heterocycles. The van der Waals surface area contributed by atoms with Crippen molar-refractivity contribution in [2.24, 2.45) is 5.73 Å². The Morgan fingerprint density at radius 1 is 1.40 bits per heavy atom. The molecule has 1 atom stereocenters. The maximum Gasteiger partial charge on any atom is 0.0639 e. The number of nitrogens with zero attached hydrogens (tertiary/aromatic N) is 1. The molecule has 1 unspecified atom stereocenters. The second-order valence-corrected chi connectivity index (χ2v) is 6.48. The van der Waals surface area contributed by atoms with Crippen LogP contribution in [0.3, 0.4) is 0 Å². The topological polar surface area (TPSA) is 38.5 Å². The molecule has 0 spiro atoms. The molecule has 2 rings (SSSR count). The number of hydrogen-bond acceptors (Lipinski definition) is 3. The summed E-state index contributed by atoms with van der Waals surface area (Å²) in [6.45, 7) is 8.53. The fourth-order valence-corrected chi connectivity index (χ4v) is 2.72. The van der Waals surface area contributed by atoms with E-state index < -0.39 is 0 Å². The van der Waals surface area contributed by atoms with E-state index in [9.17, 15) is 0 Å². The van der Waals surface area contributed by atoms with Crippen LogP contribution in [0.4, 0.5) is 5.69 Å². The predicted molar refractivity (Wildman–Crippen MR) is 85.3 cm³/mol. The van der Waals surface area contributed by atoms with Crippen LogP contribution >= 0.6 is 0 Å². The van der Waals surface area contributed by atoms with Crippen molar-refractivity contribution in [3.8, 4) is 0 Å². The number of ether oxygens (including phenoxy) is 1. The number of nitrogens with two attached hydrogens (primary N) is 1. The van der Waals surface area contributed by atoms with Gasteiger partial charge >= 0.3 is 0 Å². The van der Waals surface area contributed by atoms with Crippen LogP contribution in [0.1, 0.15) is 50.8 Å². The molecule has 1 aromatic carbocycles. The molecule has 0 aliphatic carbocycles. The zero-order chi connectivity index (χ0) is 14.8. The first-order valence-corrected chi connectivity index (χ1v) is 7.61. The third kappa shape index (κ3) is 3.53. The van der Waals surface area contributed by atoms with E-state index in [1.54, 1.807) is 7.11 Å². The van der Waals surface area contributed by atoms with Crippen molar-refractivity contribution in [1.29, 1.82) is 0 Å². The van der Waals surface area contributed by atoms with Crippen molar-refractivity contribution >= 4 is 5.69 Å². The molecule has 1 aliphatic heterocycles. The molecule has 0 bridgehead atoms. The minimum atomic E-state index is -0.0523. The summed E-state index contributed by atoms with van der Waals surface area (Å²) in [4.78, 5) is 2.49. The third-order valence-electron chi connectivity index (χ3n) is 4.38. The largest absolute Gasteiger partial charge is 0.379 e. The van der Waals surface area contributed by atoms with E-state index in [4.69, 9.17) is 10.5 Å². The lowest BCUT2D eigenvalue weighted by molar-refractivity contribution is 0.0172. The Kier molecular flexibility index (Phi) is 4.71. The van der Waals surface area contributed by atoms with Crippen LogP contribution in [0.5, 0.6) is 0 Å². The van der Waals surface area contributed by atoms with E-state index in [0.717, 1.165) is 19.5 Å². The summed E-state index contributed by atoms with van der Waals surface area (Å²) in [5, 5.41) is 0. The minimum Gasteiger partial charge on any atom is -0.379 e. The normalized spacial score (nSPS) is 16.9. The van der Waals surface area contributed by atoms with Gasteiger partial charge < -0.3 is 15.4 Å². The second-order valence-electron chi connectivity index (χ2n) is 6.48. The molecule has 3 heteroatoms. The summed E-state index contributed by atoms with van der Waals surface area (Å²) < 4.78 is 5.52. The predicted octanol–water partition coefficient (Wildman–Crippen LogP) is 3.27. The van der Waals surface area contributed by atoms with Gasteiger partial charge in [-0.25, -0.2) is 0 Å². The molecule has 0 saturated carbocycles. The molecule has 2 N–H and O–H groups in total. The van der Waals surface area contributed by atoms with Gasteiger partial charge in [-0.3, -0.25) is 0 Å². The molecule has 20 heavy (non-hydrogen) atoms. The smallest absolute Gasteiger partial charge is 0.0639 e. The molecule has 0 amide bonds. The van der Waals surface area contributed by atoms with Crippen molar-refractivity contribution in [1.82, 2.24) is 0 Å². The summed E-state index contributed by atoms with van der Waals surface area (Å²) >= 11 is 0. The Balaban J connectivity index is 2.12. The first-order chi connectivity index (χ1) is 9.43. The number of rotatable bonds is 5. The van der Waals surface area contributed by atoms with Crippen molar-refractivity contribution in [2.45, 2.75) is 51.7 Å². The highest BCUT2D eigenvalue weighted by Gasteiger charge is 2.22. The first-order valence-electron chi connectivity index (χ1n) is 7.61. The Labute approximate surface area is 123 Å². The Bertz CT molecular complexity index is 454. The number of anilines is 1. The summed E-state index contributed by atoms with van der Waals surface area (Å²) in [5.41, 5.74) is 10.00. The monoisotopic (exact) mass is 276 g/mol. The molecular weight excluding hydrogens is 248 g/mol. The molecule has 0 fully saturated rings. The lowest BCUT2D eigenvalue weighted by Crippen LogP contribution is -2.35. The zero-order valence-corrected chi connectivity index (χ0v) is 13.3. The van der Waals surface area contributed by atoms with Crippen LogP contribution in [-0.4, -0.2) is 25.8 Å². The standard InChI is InChI=1S/C17H28N2O/c1-13(18)14-7-8-16-15(12-14)6-5-10-19(16)11-9-17(2,3)20-4/h7-8,12-13H,5-6,9-11,18H2,1-4H3. The third-order valence-corrected chi connectivity index (χ3v) is 4.38. The number of benzene rings is 1. The lowest BCUT2D eigenvalue weighted by atomic mass is 9.96. The van der Waals surface area contributed by atoms with Gasteiger partial charge in [0.1, 0.15) is 0 Å². The number of fused-ring (bicyclic) bond motifs is 1. The fourth-order valence-electron chi connectivity index (χ4n) is 2.72. The van der Waals surface area contributed by atoms with Crippen LogP contribution < -0.4 is 10.6 Å². The van der Waals surface area contributed by atoms with Gasteiger partial charge in [-0.2, -0.15) is 0 Å². The Morgan fingerprint density at radius 2 is 2.15 bits per heavy atom. The molecule has 1 aromatic rings. The lowest BCUT2D eigenvalue weighted by Gasteiger charge is -2.34. The van der Waals surface area contributed by atoms with E-state index in [2.05, 4.69) is 36.9 Å². The van der Waals surface area contributed by atoms with E-state index in [1.807, 2.05) is 6.92 Å². The van der Waals surface area contributed by atoms with Gasteiger partial charge in [0.15, 0.2) is 0 Å². The van der Waals surface area contributed by atoms with Crippen LogP contribution in [0, 0.1) is 0 Å². The summed E-state index contributed by atoms with van der Waals surface area (Å²) in [7, 11) is 1.79. The molecule has 0 saturated heterocycles. The van der Waals surface area contributed by atoms with Gasteiger partial charge in [-0.15, -0.1) is 0 Å². The van der Waals surface area contributed by atoms with Crippen LogP contribution in [0.2, 0.25) is 0 Å². The van der Waals surface area contributed by atoms with Crippen molar-refractivity contribution in [3.63, 3.8) is 0 Å². The van der Waals surface area contributed by atoms with E-state index in [-0.39, 0.29) is 11.6 Å². The maximum absolute atomic E-state index is 5.99. The van der Waals surface area contributed by atoms with Crippen molar-refractivity contribution < 1.29 is 4.74 Å². The highest BCUT2D eigenvalue weighted by molar-refractivity contribution is 5.57. The Morgan fingerprint density at radius 3 is 2.80 bits per heavy atom. The number of methoxy groups -OCH3 is 1. The molecule has 1 aliphatic rings. The summed E-state index contributed by atoms with van der Waals surface area (Å²) in [6.07, 6.45) is 3.43. The molecular formula is C17H28N2O. The average Bonchev–Trinajstić information content (AvgIpc) is 2.44. The number of hydrogen-bond donors (Lipinski definition) is 1. The highest BCUT2D eigenvalue weighted by Crippen LogP contribution is 2.30. The Hall–Kier alpha value is -1.06. The van der Waals surface area contributed by atoms with Gasteiger partial charge in [0, 0.05) is 31.9 Å². The summed E-state index contributed by atoms with van der Waals surface area (Å²) in [5.74, 6) is 0. The molecule has 3 nitrogen and oxygen atoms in total. The maximum atomic E-state index is 5.99. The van der Waals surface area contributed by atoms with E-state index in [1.165, 1.54) is 29.7 Å². The van der Waals surface area contributed by atoms with Crippen LogP contribution in [0.15, 0.2) is 18.2 Å². The highest BCUT2D eigenvalue weighted by atomic mass is 16.5. The molecule has 0 radical (unpaired) electrons. The van der Waals surface area contributed by atoms with Gasteiger partial charge in [-0.05, 0) is 57.2 Å². The molecule has 0 aromatic heterocycles. The second kappa shape index (κ2) is 6.15. The van der Waals surface area contributed by atoms with Gasteiger partial charge in [0.05, 0.1) is 5.60 Å². The first kappa shape index (κ1) is 15.3. The molecule has 112 valence electrons. The van der Waals surface area contributed by atoms with Gasteiger partial charge in [0.25, 0.3) is 0 Å².